The number of rotatable bonds is 4. The number of benzene rings is 1. The smallest absolute Gasteiger partial charge is 0.419 e. The Morgan fingerprint density at radius 1 is 1.04 bits per heavy atom. The van der Waals surface area contributed by atoms with Gasteiger partial charge in [0.25, 0.3) is 0 Å². The molecule has 0 bridgehead atoms. The van der Waals surface area contributed by atoms with E-state index in [2.05, 4.69) is 0 Å². The van der Waals surface area contributed by atoms with Crippen LogP contribution in [0, 0.1) is 0 Å². The van der Waals surface area contributed by atoms with Crippen molar-refractivity contribution in [2.75, 3.05) is 6.54 Å². The maximum Gasteiger partial charge on any atom is 0.419 e. The zero-order valence-corrected chi connectivity index (χ0v) is 17.3. The van der Waals surface area contributed by atoms with Gasteiger partial charge >= 0.3 is 12.2 Å². The number of aldehydes is 1. The molecular formula is C21H28N2O5. The minimum absolute atomic E-state index is 0.0293. The molecule has 0 saturated carbocycles. The van der Waals surface area contributed by atoms with Crippen LogP contribution in [-0.4, -0.2) is 45.7 Å². The van der Waals surface area contributed by atoms with E-state index in [9.17, 15) is 14.4 Å². The summed E-state index contributed by atoms with van der Waals surface area (Å²) in [6.45, 7) is 10.5. The SMILES string of the molecule is CC(C)(C)OC(=O)N(CC=O)Cc1cc2ccccc2n1C(=O)OC(C)(C)C. The summed E-state index contributed by atoms with van der Waals surface area (Å²) < 4.78 is 12.3. The number of hydrogen-bond acceptors (Lipinski definition) is 5. The van der Waals surface area contributed by atoms with Crippen LogP contribution in [0.5, 0.6) is 0 Å². The molecule has 28 heavy (non-hydrogen) atoms. The lowest BCUT2D eigenvalue weighted by molar-refractivity contribution is -0.109. The van der Waals surface area contributed by atoms with Gasteiger partial charge in [0, 0.05) is 11.1 Å². The topological polar surface area (TPSA) is 77.8 Å². The van der Waals surface area contributed by atoms with E-state index in [1.54, 1.807) is 53.7 Å². The summed E-state index contributed by atoms with van der Waals surface area (Å²) in [6.07, 6.45) is -0.538. The Hall–Kier alpha value is -2.83. The average Bonchev–Trinajstić information content (AvgIpc) is 2.89. The molecule has 2 aromatic rings. The van der Waals surface area contributed by atoms with Crippen molar-refractivity contribution in [2.24, 2.45) is 0 Å². The predicted molar refractivity (Wildman–Crippen MR) is 106 cm³/mol. The zero-order chi connectivity index (χ0) is 21.1. The molecule has 0 saturated heterocycles. The third-order valence-corrected chi connectivity index (χ3v) is 3.66. The van der Waals surface area contributed by atoms with Crippen LogP contribution in [-0.2, 0) is 20.8 Å². The van der Waals surface area contributed by atoms with E-state index in [0.29, 0.717) is 17.5 Å². The average molecular weight is 388 g/mol. The first-order chi connectivity index (χ1) is 12.9. The molecule has 1 heterocycles. The molecule has 0 N–H and O–H groups in total. The Morgan fingerprint density at radius 3 is 2.21 bits per heavy atom. The molecule has 7 heteroatoms. The second kappa shape index (κ2) is 8.04. The Labute approximate surface area is 165 Å². The van der Waals surface area contributed by atoms with Crippen molar-refractivity contribution in [1.82, 2.24) is 9.47 Å². The summed E-state index contributed by atoms with van der Waals surface area (Å²) in [5.74, 6) is 0. The monoisotopic (exact) mass is 388 g/mol. The van der Waals surface area contributed by atoms with Crippen molar-refractivity contribution in [3.05, 3.63) is 36.0 Å². The standard InChI is InChI=1S/C21H28N2O5/c1-20(2,3)27-18(25)22(11-12-24)14-16-13-15-9-7-8-10-17(15)23(16)19(26)28-21(4,5)6/h7-10,12-13H,11,14H2,1-6H3. The molecule has 7 nitrogen and oxygen atoms in total. The lowest BCUT2D eigenvalue weighted by atomic mass is 10.2. The van der Waals surface area contributed by atoms with Crippen molar-refractivity contribution in [1.29, 1.82) is 0 Å². The van der Waals surface area contributed by atoms with Gasteiger partial charge in [0.05, 0.1) is 18.6 Å². The van der Waals surface area contributed by atoms with Crippen LogP contribution in [0.1, 0.15) is 47.2 Å². The number of para-hydroxylation sites is 1. The molecule has 152 valence electrons. The van der Waals surface area contributed by atoms with Crippen molar-refractivity contribution in [2.45, 2.75) is 59.3 Å². The van der Waals surface area contributed by atoms with Crippen LogP contribution in [0.3, 0.4) is 0 Å². The van der Waals surface area contributed by atoms with Gasteiger partial charge in [-0.25, -0.2) is 14.2 Å². The second-order valence-electron chi connectivity index (χ2n) is 8.54. The van der Waals surface area contributed by atoms with Crippen LogP contribution in [0.25, 0.3) is 10.9 Å². The Balaban J connectivity index is 2.44. The number of fused-ring (bicyclic) bond motifs is 1. The molecule has 0 aliphatic heterocycles. The van der Waals surface area contributed by atoms with Gasteiger partial charge in [0.1, 0.15) is 17.5 Å². The highest BCUT2D eigenvalue weighted by atomic mass is 16.6. The lowest BCUT2D eigenvalue weighted by Gasteiger charge is -2.27. The Kier molecular flexibility index (Phi) is 6.17. The number of carbonyl (C=O) groups excluding carboxylic acids is 3. The van der Waals surface area contributed by atoms with Crippen molar-refractivity contribution < 1.29 is 23.9 Å². The van der Waals surface area contributed by atoms with E-state index >= 15 is 0 Å². The van der Waals surface area contributed by atoms with E-state index < -0.39 is 23.4 Å². The largest absolute Gasteiger partial charge is 0.444 e. The van der Waals surface area contributed by atoms with Crippen LogP contribution < -0.4 is 0 Å². The van der Waals surface area contributed by atoms with Crippen LogP contribution in [0.15, 0.2) is 30.3 Å². The molecule has 1 aromatic carbocycles. The molecule has 2 rings (SSSR count). The van der Waals surface area contributed by atoms with Gasteiger partial charge in [0.15, 0.2) is 0 Å². The molecule has 1 aromatic heterocycles. The second-order valence-corrected chi connectivity index (χ2v) is 8.54. The zero-order valence-electron chi connectivity index (χ0n) is 17.3. The van der Waals surface area contributed by atoms with Gasteiger partial charge in [-0.05, 0) is 53.7 Å². The normalized spacial score (nSPS) is 11.9. The Bertz CT molecular complexity index is 871. The lowest BCUT2D eigenvalue weighted by Crippen LogP contribution is -2.38. The number of carbonyl (C=O) groups is 3. The molecule has 0 unspecified atom stereocenters. The Morgan fingerprint density at radius 2 is 1.64 bits per heavy atom. The van der Waals surface area contributed by atoms with Crippen LogP contribution in [0.4, 0.5) is 9.59 Å². The van der Waals surface area contributed by atoms with Gasteiger partial charge < -0.3 is 14.3 Å². The highest BCUT2D eigenvalue weighted by Crippen LogP contribution is 2.23. The van der Waals surface area contributed by atoms with E-state index in [1.807, 2.05) is 18.2 Å². The van der Waals surface area contributed by atoms with E-state index in [1.165, 1.54) is 9.47 Å². The maximum absolute atomic E-state index is 12.8. The molecule has 1 amide bonds. The molecule has 0 atom stereocenters. The molecule has 0 aliphatic carbocycles. The fourth-order valence-electron chi connectivity index (χ4n) is 2.67. The first-order valence-corrected chi connectivity index (χ1v) is 9.15. The molecule has 0 radical (unpaired) electrons. The quantitative estimate of drug-likeness (QED) is 0.727. The number of amides is 1. The van der Waals surface area contributed by atoms with E-state index in [0.717, 1.165) is 5.39 Å². The summed E-state index contributed by atoms with van der Waals surface area (Å²) >= 11 is 0. The number of nitrogens with zero attached hydrogens (tertiary/aromatic N) is 2. The summed E-state index contributed by atoms with van der Waals surface area (Å²) in [4.78, 5) is 37.7. The van der Waals surface area contributed by atoms with E-state index in [-0.39, 0.29) is 13.1 Å². The van der Waals surface area contributed by atoms with Gasteiger partial charge in [-0.3, -0.25) is 4.90 Å². The molecule has 0 spiro atoms. The fourth-order valence-corrected chi connectivity index (χ4v) is 2.67. The van der Waals surface area contributed by atoms with Gasteiger partial charge in [-0.15, -0.1) is 0 Å². The van der Waals surface area contributed by atoms with Crippen molar-refractivity contribution in [3.8, 4) is 0 Å². The number of aromatic nitrogens is 1. The van der Waals surface area contributed by atoms with Crippen LogP contribution in [0.2, 0.25) is 0 Å². The maximum atomic E-state index is 12.8. The third kappa shape index (κ3) is 5.58. The minimum atomic E-state index is -0.698. The minimum Gasteiger partial charge on any atom is -0.444 e. The van der Waals surface area contributed by atoms with Gasteiger partial charge in [-0.2, -0.15) is 0 Å². The summed E-state index contributed by atoms with van der Waals surface area (Å²) in [6, 6.07) is 9.17. The fraction of sp³-hybridized carbons (Fsp3) is 0.476. The van der Waals surface area contributed by atoms with E-state index in [4.69, 9.17) is 9.47 Å². The highest BCUT2D eigenvalue weighted by molar-refractivity contribution is 5.91. The van der Waals surface area contributed by atoms with Crippen molar-refractivity contribution in [3.63, 3.8) is 0 Å². The summed E-state index contributed by atoms with van der Waals surface area (Å²) in [5.41, 5.74) is -0.172. The third-order valence-electron chi connectivity index (χ3n) is 3.66. The molecular weight excluding hydrogens is 360 g/mol. The molecule has 0 aliphatic rings. The van der Waals surface area contributed by atoms with Crippen LogP contribution >= 0.6 is 0 Å². The van der Waals surface area contributed by atoms with Crippen molar-refractivity contribution >= 4 is 29.4 Å². The van der Waals surface area contributed by atoms with Gasteiger partial charge in [0.2, 0.25) is 0 Å². The predicted octanol–water partition coefficient (Wildman–Crippen LogP) is 4.36. The number of hydrogen-bond donors (Lipinski definition) is 0. The van der Waals surface area contributed by atoms with Gasteiger partial charge in [-0.1, -0.05) is 18.2 Å². The summed E-state index contributed by atoms with van der Waals surface area (Å²) in [5, 5.41) is 0.832. The highest BCUT2D eigenvalue weighted by Gasteiger charge is 2.26. The first-order valence-electron chi connectivity index (χ1n) is 9.15. The number of ether oxygens (including phenoxy) is 2. The first kappa shape index (κ1) is 21.5. The molecule has 0 fully saturated rings. The summed E-state index contributed by atoms with van der Waals surface area (Å²) in [7, 11) is 0.